The highest BCUT2D eigenvalue weighted by Crippen LogP contribution is 2.38. The van der Waals surface area contributed by atoms with Crippen LogP contribution in [0.4, 0.5) is 5.69 Å². The van der Waals surface area contributed by atoms with Crippen molar-refractivity contribution in [3.05, 3.63) is 65.4 Å². The minimum absolute atomic E-state index is 0.387. The van der Waals surface area contributed by atoms with Crippen LogP contribution in [0, 0.1) is 0 Å². The smallest absolute Gasteiger partial charge is 0.337 e. The van der Waals surface area contributed by atoms with Gasteiger partial charge in [0.1, 0.15) is 5.75 Å². The Hall–Kier alpha value is -2.51. The number of carbonyl (C=O) groups is 1. The van der Waals surface area contributed by atoms with Gasteiger partial charge in [0.05, 0.1) is 31.5 Å². The minimum Gasteiger partial charge on any atom is -0.495 e. The van der Waals surface area contributed by atoms with Gasteiger partial charge < -0.3 is 14.8 Å². The number of thioether (sulfide) groups is 1. The van der Waals surface area contributed by atoms with Gasteiger partial charge in [-0.05, 0) is 55.2 Å². The number of nitrogens with one attached hydrogen (secondary N) is 1. The van der Waals surface area contributed by atoms with Gasteiger partial charge in [-0.15, -0.1) is 11.8 Å². The molecule has 7 heteroatoms. The molecular formula is C21H22N2O3S2. The van der Waals surface area contributed by atoms with Crippen LogP contribution in [-0.4, -0.2) is 31.6 Å². The maximum atomic E-state index is 12.7. The molecule has 2 aromatic carbocycles. The van der Waals surface area contributed by atoms with Crippen LogP contribution in [0.15, 0.2) is 64.7 Å². The summed E-state index contributed by atoms with van der Waals surface area (Å²) in [7, 11) is 2.99. The van der Waals surface area contributed by atoms with Crippen molar-refractivity contribution in [1.29, 1.82) is 0 Å². The van der Waals surface area contributed by atoms with Gasteiger partial charge in [-0.2, -0.15) is 0 Å². The fourth-order valence-corrected chi connectivity index (χ4v) is 4.03. The Morgan fingerprint density at radius 2 is 1.82 bits per heavy atom. The third-order valence-corrected chi connectivity index (χ3v) is 5.71. The Balaban J connectivity index is 2.13. The monoisotopic (exact) mass is 414 g/mol. The molecule has 0 fully saturated rings. The van der Waals surface area contributed by atoms with Crippen LogP contribution in [0.5, 0.6) is 5.75 Å². The fraction of sp³-hybridized carbons (Fsp3) is 0.238. The second-order valence-corrected chi connectivity index (χ2v) is 7.42. The largest absolute Gasteiger partial charge is 0.495 e. The number of carbonyl (C=O) groups excluding carboxylic acids is 1. The predicted molar refractivity (Wildman–Crippen MR) is 117 cm³/mol. The van der Waals surface area contributed by atoms with Crippen molar-refractivity contribution in [3.63, 3.8) is 0 Å². The molecule has 1 atom stereocenters. The molecule has 1 aliphatic heterocycles. The molecule has 28 heavy (non-hydrogen) atoms. The second kappa shape index (κ2) is 8.67. The molecule has 0 aliphatic carbocycles. The second-order valence-electron chi connectivity index (χ2n) is 6.15. The van der Waals surface area contributed by atoms with E-state index in [-0.39, 0.29) is 6.04 Å². The molecule has 3 rings (SSSR count). The summed E-state index contributed by atoms with van der Waals surface area (Å²) < 4.78 is 10.6. The number of hydrogen-bond donors (Lipinski definition) is 1. The van der Waals surface area contributed by atoms with Crippen molar-refractivity contribution in [3.8, 4) is 5.75 Å². The minimum atomic E-state index is -0.397. The molecule has 146 valence electrons. The first kappa shape index (κ1) is 20.2. The molecule has 0 amide bonds. The predicted octanol–water partition coefficient (Wildman–Crippen LogP) is 4.30. The Bertz CT molecular complexity index is 926. The zero-order chi connectivity index (χ0) is 20.3. The van der Waals surface area contributed by atoms with Crippen molar-refractivity contribution < 1.29 is 14.3 Å². The van der Waals surface area contributed by atoms with Gasteiger partial charge in [-0.1, -0.05) is 24.3 Å². The van der Waals surface area contributed by atoms with E-state index >= 15 is 0 Å². The first-order chi connectivity index (χ1) is 13.5. The van der Waals surface area contributed by atoms with Crippen LogP contribution >= 0.6 is 24.0 Å². The lowest BCUT2D eigenvalue weighted by molar-refractivity contribution is -0.136. The normalized spacial score (nSPS) is 16.6. The van der Waals surface area contributed by atoms with E-state index in [2.05, 4.69) is 5.32 Å². The lowest BCUT2D eigenvalue weighted by Crippen LogP contribution is -2.48. The third kappa shape index (κ3) is 3.72. The lowest BCUT2D eigenvalue weighted by Gasteiger charge is -2.37. The van der Waals surface area contributed by atoms with Gasteiger partial charge >= 0.3 is 5.97 Å². The number of methoxy groups -OCH3 is 2. The molecule has 0 spiro atoms. The highest BCUT2D eigenvalue weighted by Gasteiger charge is 2.36. The van der Waals surface area contributed by atoms with Crippen molar-refractivity contribution in [2.45, 2.75) is 17.9 Å². The maximum absolute atomic E-state index is 12.7. The summed E-state index contributed by atoms with van der Waals surface area (Å²) in [6, 6.07) is 15.2. The quantitative estimate of drug-likeness (QED) is 0.445. The van der Waals surface area contributed by atoms with Crippen molar-refractivity contribution in [2.24, 2.45) is 0 Å². The van der Waals surface area contributed by atoms with E-state index in [1.807, 2.05) is 66.6 Å². The summed E-state index contributed by atoms with van der Waals surface area (Å²) in [5, 5.41) is 3.80. The number of hydrogen-bond acceptors (Lipinski definition) is 5. The molecule has 0 unspecified atom stereocenters. The third-order valence-electron chi connectivity index (χ3n) is 4.67. The first-order valence-electron chi connectivity index (χ1n) is 8.68. The zero-order valence-corrected chi connectivity index (χ0v) is 17.8. The number of para-hydroxylation sites is 2. The number of thiocarbonyl (C=S) groups is 1. The number of benzene rings is 2. The molecule has 0 saturated carbocycles. The Kier molecular flexibility index (Phi) is 6.26. The van der Waals surface area contributed by atoms with Gasteiger partial charge in [0.15, 0.2) is 5.11 Å². The molecule has 0 radical (unpaired) electrons. The number of allylic oxidation sites excluding steroid dienone is 1. The van der Waals surface area contributed by atoms with Gasteiger partial charge in [0, 0.05) is 10.6 Å². The molecule has 1 aliphatic rings. The lowest BCUT2D eigenvalue weighted by atomic mass is 9.95. The highest BCUT2D eigenvalue weighted by atomic mass is 32.2. The molecule has 0 aromatic heterocycles. The number of esters is 1. The van der Waals surface area contributed by atoms with Crippen LogP contribution in [0.1, 0.15) is 18.5 Å². The van der Waals surface area contributed by atoms with E-state index < -0.39 is 5.97 Å². The highest BCUT2D eigenvalue weighted by molar-refractivity contribution is 7.98. The molecule has 1 N–H and O–H groups in total. The Labute approximate surface area is 174 Å². The van der Waals surface area contributed by atoms with Gasteiger partial charge in [-0.25, -0.2) is 4.79 Å². The first-order valence-corrected chi connectivity index (χ1v) is 10.3. The topological polar surface area (TPSA) is 50.8 Å². The summed E-state index contributed by atoms with van der Waals surface area (Å²) in [5.41, 5.74) is 2.93. The number of anilines is 1. The molecule has 0 bridgehead atoms. The summed E-state index contributed by atoms with van der Waals surface area (Å²) >= 11 is 7.33. The standard InChI is InChI=1S/C21H22N2O3S2/c1-13-18(20(24)26-3)19(14-9-11-15(28-4)12-10-14)22-21(27)23(13)16-7-5-6-8-17(16)25-2/h5-12,19H,1-4H3,(H,22,27)/t19-/m1/s1. The summed E-state index contributed by atoms with van der Waals surface area (Å²) in [6.45, 7) is 1.87. The van der Waals surface area contributed by atoms with Crippen LogP contribution in [0.2, 0.25) is 0 Å². The molecule has 1 heterocycles. The van der Waals surface area contributed by atoms with Gasteiger partial charge in [0.25, 0.3) is 0 Å². The van der Waals surface area contributed by atoms with Gasteiger partial charge in [0.2, 0.25) is 0 Å². The molecule has 2 aromatic rings. The summed E-state index contributed by atoms with van der Waals surface area (Å²) in [5.74, 6) is 0.268. The Morgan fingerprint density at radius 1 is 1.14 bits per heavy atom. The van der Waals surface area contributed by atoms with E-state index in [1.54, 1.807) is 18.9 Å². The van der Waals surface area contributed by atoms with Crippen molar-refractivity contribution in [1.82, 2.24) is 5.32 Å². The average molecular weight is 415 g/mol. The van der Waals surface area contributed by atoms with E-state index in [1.165, 1.54) is 7.11 Å². The number of nitrogens with zero attached hydrogens (tertiary/aromatic N) is 1. The summed E-state index contributed by atoms with van der Waals surface area (Å²) in [4.78, 5) is 15.7. The van der Waals surface area contributed by atoms with E-state index in [0.29, 0.717) is 22.1 Å². The van der Waals surface area contributed by atoms with Crippen molar-refractivity contribution in [2.75, 3.05) is 25.4 Å². The molecular weight excluding hydrogens is 392 g/mol. The molecule has 0 saturated heterocycles. The maximum Gasteiger partial charge on any atom is 0.337 e. The van der Waals surface area contributed by atoms with Crippen LogP contribution in [0.3, 0.4) is 0 Å². The zero-order valence-electron chi connectivity index (χ0n) is 16.2. The van der Waals surface area contributed by atoms with Crippen LogP contribution in [-0.2, 0) is 9.53 Å². The fourth-order valence-electron chi connectivity index (χ4n) is 3.27. The van der Waals surface area contributed by atoms with Crippen LogP contribution in [0.25, 0.3) is 0 Å². The van der Waals surface area contributed by atoms with E-state index in [0.717, 1.165) is 16.1 Å². The van der Waals surface area contributed by atoms with Crippen LogP contribution < -0.4 is 15.0 Å². The number of ether oxygens (including phenoxy) is 2. The Morgan fingerprint density at radius 3 is 2.43 bits per heavy atom. The average Bonchev–Trinajstić information content (AvgIpc) is 2.73. The SMILES string of the molecule is COC(=O)C1=C(C)N(c2ccccc2OC)C(=S)N[C@@H]1c1ccc(SC)cc1. The van der Waals surface area contributed by atoms with E-state index in [9.17, 15) is 4.79 Å². The van der Waals surface area contributed by atoms with Gasteiger partial charge in [-0.3, -0.25) is 4.90 Å². The number of rotatable bonds is 5. The van der Waals surface area contributed by atoms with Crippen molar-refractivity contribution >= 4 is 40.7 Å². The molecule has 5 nitrogen and oxygen atoms in total. The van der Waals surface area contributed by atoms with E-state index in [4.69, 9.17) is 21.7 Å². The summed E-state index contributed by atoms with van der Waals surface area (Å²) in [6.07, 6.45) is 2.03.